The average Bonchev–Trinajstić information content (AvgIpc) is 3.10. The molecule has 0 bridgehead atoms. The predicted octanol–water partition coefficient (Wildman–Crippen LogP) is 1.14. The Morgan fingerprint density at radius 1 is 1.41 bits per heavy atom. The molecule has 1 aromatic heterocycles. The lowest BCUT2D eigenvalue weighted by molar-refractivity contribution is -0.132. The first-order valence-corrected chi connectivity index (χ1v) is 8.44. The summed E-state index contributed by atoms with van der Waals surface area (Å²) >= 11 is 1.54. The Kier molecular flexibility index (Phi) is 4.62. The number of rotatable bonds is 6. The number of imidazole rings is 1. The first-order chi connectivity index (χ1) is 10.7. The molecule has 1 aliphatic heterocycles. The van der Waals surface area contributed by atoms with Gasteiger partial charge in [0.05, 0.1) is 22.7 Å². The fraction of sp³-hybridized carbons (Fsp3) is 0.400. The zero-order chi connectivity index (χ0) is 15.4. The average molecular weight is 318 g/mol. The van der Waals surface area contributed by atoms with Crippen LogP contribution in [-0.2, 0) is 16.0 Å². The third-order valence-corrected chi connectivity index (χ3v) is 4.46. The number of carbonyl (C=O) groups is 2. The number of aromatic amines is 1. The summed E-state index contributed by atoms with van der Waals surface area (Å²) in [6, 6.07) is 7.91. The summed E-state index contributed by atoms with van der Waals surface area (Å²) in [4.78, 5) is 32.5. The van der Waals surface area contributed by atoms with Crippen LogP contribution in [0.25, 0.3) is 11.0 Å². The highest BCUT2D eigenvalue weighted by Crippen LogP contribution is 2.14. The summed E-state index contributed by atoms with van der Waals surface area (Å²) in [5, 5.41) is 2.85. The van der Waals surface area contributed by atoms with E-state index in [9.17, 15) is 9.59 Å². The fourth-order valence-electron chi connectivity index (χ4n) is 2.38. The van der Waals surface area contributed by atoms with E-state index < -0.39 is 0 Å². The number of nitrogens with zero attached hydrogens (tertiary/aromatic N) is 2. The first kappa shape index (κ1) is 14.9. The number of fused-ring (bicyclic) bond motifs is 1. The number of hydrogen-bond acceptors (Lipinski definition) is 4. The van der Waals surface area contributed by atoms with Crippen molar-refractivity contribution in [2.75, 3.05) is 24.7 Å². The maximum Gasteiger partial charge on any atom is 0.239 e. The van der Waals surface area contributed by atoms with E-state index in [-0.39, 0.29) is 18.4 Å². The van der Waals surface area contributed by atoms with Crippen LogP contribution < -0.4 is 5.32 Å². The smallest absolute Gasteiger partial charge is 0.239 e. The number of hydrogen-bond donors (Lipinski definition) is 2. The minimum Gasteiger partial charge on any atom is -0.355 e. The molecule has 2 heterocycles. The van der Waals surface area contributed by atoms with Crippen molar-refractivity contribution in [3.63, 3.8) is 0 Å². The van der Waals surface area contributed by atoms with Gasteiger partial charge in [0, 0.05) is 13.0 Å². The summed E-state index contributed by atoms with van der Waals surface area (Å²) < 4.78 is 0. The van der Waals surface area contributed by atoms with Gasteiger partial charge in [-0.25, -0.2) is 4.98 Å². The standard InChI is InChI=1S/C15H18N4O2S/c20-14(8-19-10-22-9-15(19)21)16-7-3-6-13-17-11-4-1-2-5-12(11)18-13/h1-2,4-5H,3,6-10H2,(H,16,20)(H,17,18). The molecule has 0 unspecified atom stereocenters. The number of para-hydroxylation sites is 2. The fourth-order valence-corrected chi connectivity index (χ4v) is 3.28. The lowest BCUT2D eigenvalue weighted by atomic mass is 10.3. The minimum atomic E-state index is -0.0968. The molecule has 1 aromatic carbocycles. The van der Waals surface area contributed by atoms with Gasteiger partial charge in [0.25, 0.3) is 0 Å². The maximum absolute atomic E-state index is 11.8. The SMILES string of the molecule is O=C(CN1CSCC1=O)NCCCc1nc2ccccc2[nH]1. The van der Waals surface area contributed by atoms with E-state index in [4.69, 9.17) is 0 Å². The van der Waals surface area contributed by atoms with Gasteiger partial charge in [0.15, 0.2) is 0 Å². The van der Waals surface area contributed by atoms with E-state index >= 15 is 0 Å². The number of amides is 2. The van der Waals surface area contributed by atoms with Gasteiger partial charge in [0.2, 0.25) is 11.8 Å². The summed E-state index contributed by atoms with van der Waals surface area (Å²) in [5.41, 5.74) is 2.00. The Morgan fingerprint density at radius 3 is 3.05 bits per heavy atom. The van der Waals surface area contributed by atoms with Gasteiger partial charge >= 0.3 is 0 Å². The molecule has 0 spiro atoms. The van der Waals surface area contributed by atoms with Gasteiger partial charge in [0.1, 0.15) is 12.4 Å². The summed E-state index contributed by atoms with van der Waals surface area (Å²) in [5.74, 6) is 1.98. The molecular formula is C15H18N4O2S. The Hall–Kier alpha value is -2.02. The highest BCUT2D eigenvalue weighted by atomic mass is 32.2. The summed E-state index contributed by atoms with van der Waals surface area (Å²) in [6.45, 7) is 0.752. The molecule has 0 saturated carbocycles. The van der Waals surface area contributed by atoms with Crippen LogP contribution in [0.15, 0.2) is 24.3 Å². The van der Waals surface area contributed by atoms with Crippen LogP contribution in [0.5, 0.6) is 0 Å². The lowest BCUT2D eigenvalue weighted by Crippen LogP contribution is -2.38. The molecule has 22 heavy (non-hydrogen) atoms. The number of H-pyrrole nitrogens is 1. The van der Waals surface area contributed by atoms with Gasteiger partial charge < -0.3 is 15.2 Å². The quantitative estimate of drug-likeness (QED) is 0.783. The topological polar surface area (TPSA) is 78.1 Å². The summed E-state index contributed by atoms with van der Waals surface area (Å²) in [6.07, 6.45) is 1.60. The number of nitrogens with one attached hydrogen (secondary N) is 2. The highest BCUT2D eigenvalue weighted by molar-refractivity contribution is 8.00. The summed E-state index contributed by atoms with van der Waals surface area (Å²) in [7, 11) is 0. The molecule has 6 nitrogen and oxygen atoms in total. The zero-order valence-corrected chi connectivity index (χ0v) is 13.0. The van der Waals surface area contributed by atoms with Crippen LogP contribution in [0.1, 0.15) is 12.2 Å². The van der Waals surface area contributed by atoms with Crippen LogP contribution in [0, 0.1) is 0 Å². The van der Waals surface area contributed by atoms with E-state index in [2.05, 4.69) is 15.3 Å². The highest BCUT2D eigenvalue weighted by Gasteiger charge is 2.22. The van der Waals surface area contributed by atoms with Crippen molar-refractivity contribution in [1.29, 1.82) is 0 Å². The number of thioether (sulfide) groups is 1. The lowest BCUT2D eigenvalue weighted by Gasteiger charge is -2.13. The zero-order valence-electron chi connectivity index (χ0n) is 12.2. The Morgan fingerprint density at radius 2 is 2.27 bits per heavy atom. The van der Waals surface area contributed by atoms with Crippen LogP contribution in [0.2, 0.25) is 0 Å². The predicted molar refractivity (Wildman–Crippen MR) is 86.5 cm³/mol. The Balaban J connectivity index is 1.39. The van der Waals surface area contributed by atoms with Crippen LogP contribution >= 0.6 is 11.8 Å². The van der Waals surface area contributed by atoms with Crippen LogP contribution in [0.3, 0.4) is 0 Å². The number of aromatic nitrogens is 2. The molecule has 3 rings (SSSR count). The van der Waals surface area contributed by atoms with Crippen molar-refractivity contribution < 1.29 is 9.59 Å². The van der Waals surface area contributed by atoms with E-state index in [0.29, 0.717) is 18.2 Å². The molecule has 0 radical (unpaired) electrons. The molecule has 116 valence electrons. The van der Waals surface area contributed by atoms with Crippen molar-refractivity contribution in [3.8, 4) is 0 Å². The van der Waals surface area contributed by atoms with Crippen molar-refractivity contribution in [2.24, 2.45) is 0 Å². The van der Waals surface area contributed by atoms with Crippen molar-refractivity contribution in [2.45, 2.75) is 12.8 Å². The van der Waals surface area contributed by atoms with Gasteiger partial charge in [-0.1, -0.05) is 12.1 Å². The second-order valence-corrected chi connectivity index (χ2v) is 6.18. The molecule has 0 atom stereocenters. The second kappa shape index (κ2) is 6.83. The van der Waals surface area contributed by atoms with E-state index in [1.165, 1.54) is 0 Å². The van der Waals surface area contributed by atoms with Crippen LogP contribution in [-0.4, -0.2) is 51.4 Å². The molecule has 2 aromatic rings. The second-order valence-electron chi connectivity index (χ2n) is 5.22. The number of aryl methyl sites for hydroxylation is 1. The Labute approximate surface area is 132 Å². The maximum atomic E-state index is 11.8. The van der Waals surface area contributed by atoms with E-state index in [1.54, 1.807) is 16.7 Å². The molecular weight excluding hydrogens is 300 g/mol. The number of carbonyl (C=O) groups excluding carboxylic acids is 2. The number of benzene rings is 1. The van der Waals surface area contributed by atoms with Gasteiger partial charge in [-0.2, -0.15) is 0 Å². The molecule has 7 heteroatoms. The largest absolute Gasteiger partial charge is 0.355 e. The normalized spacial score (nSPS) is 14.7. The minimum absolute atomic E-state index is 0.0439. The van der Waals surface area contributed by atoms with Crippen molar-refractivity contribution >= 4 is 34.6 Å². The van der Waals surface area contributed by atoms with Crippen LogP contribution in [0.4, 0.5) is 0 Å². The van der Waals surface area contributed by atoms with Crippen molar-refractivity contribution in [3.05, 3.63) is 30.1 Å². The molecule has 2 N–H and O–H groups in total. The van der Waals surface area contributed by atoms with Gasteiger partial charge in [-0.05, 0) is 18.6 Å². The monoisotopic (exact) mass is 318 g/mol. The van der Waals surface area contributed by atoms with E-state index in [1.807, 2.05) is 24.3 Å². The third-order valence-electron chi connectivity index (χ3n) is 3.51. The van der Waals surface area contributed by atoms with Crippen molar-refractivity contribution in [1.82, 2.24) is 20.2 Å². The molecule has 1 aliphatic rings. The third kappa shape index (κ3) is 3.59. The molecule has 1 fully saturated rings. The molecule has 0 aliphatic carbocycles. The Bertz CT molecular complexity index is 652. The van der Waals surface area contributed by atoms with Gasteiger partial charge in [-0.15, -0.1) is 11.8 Å². The van der Waals surface area contributed by atoms with E-state index in [0.717, 1.165) is 29.7 Å². The first-order valence-electron chi connectivity index (χ1n) is 7.28. The molecule has 2 amide bonds. The van der Waals surface area contributed by atoms with Gasteiger partial charge in [-0.3, -0.25) is 9.59 Å². The molecule has 1 saturated heterocycles.